The smallest absolute Gasteiger partial charge is 0.173 e. The van der Waals surface area contributed by atoms with E-state index in [4.69, 9.17) is 0 Å². The fourth-order valence-corrected chi connectivity index (χ4v) is 1.61. The first-order chi connectivity index (χ1) is 7.70. The maximum atomic E-state index is 11.9. The van der Waals surface area contributed by atoms with Gasteiger partial charge in [0.2, 0.25) is 0 Å². The Balaban J connectivity index is 2.13. The van der Waals surface area contributed by atoms with E-state index in [1.54, 1.807) is 30.3 Å². The number of Topliss-reactive ketones (excluding diaryl/α,β-unsaturated/α-hetero) is 1. The Kier molecular flexibility index (Phi) is 2.85. The molecule has 0 amide bonds. The molecule has 5 nitrogen and oxygen atoms in total. The summed E-state index contributed by atoms with van der Waals surface area (Å²) in [5, 5.41) is 3.98. The normalized spacial score (nSPS) is 10.6. The predicted octanol–water partition coefficient (Wildman–Crippen LogP) is 1.06. The minimum Gasteiger partial charge on any atom is -0.335 e. The van der Waals surface area contributed by atoms with E-state index in [0.29, 0.717) is 12.0 Å². The molecule has 2 aromatic heterocycles. The topological polar surface area (TPSA) is 52.7 Å². The molecule has 2 heterocycles. The minimum absolute atomic E-state index is 0.0500. The average Bonchev–Trinajstić information content (AvgIpc) is 2.86. The Hall–Kier alpha value is -1.91. The molecule has 0 unspecified atom stereocenters. The molecule has 0 atom stereocenters. The molecule has 0 aliphatic carbocycles. The summed E-state index contributed by atoms with van der Waals surface area (Å²) in [4.78, 5) is 16.1. The van der Waals surface area contributed by atoms with Gasteiger partial charge in [-0.2, -0.15) is 5.10 Å². The van der Waals surface area contributed by atoms with Crippen molar-refractivity contribution in [1.29, 1.82) is 0 Å². The summed E-state index contributed by atoms with van der Waals surface area (Å²) in [7, 11) is 1.80. The van der Waals surface area contributed by atoms with Gasteiger partial charge in [0.1, 0.15) is 5.82 Å². The average molecular weight is 218 g/mol. The predicted molar refractivity (Wildman–Crippen MR) is 59.1 cm³/mol. The van der Waals surface area contributed by atoms with E-state index in [1.165, 1.54) is 0 Å². The Morgan fingerprint density at radius 1 is 1.50 bits per heavy atom. The van der Waals surface area contributed by atoms with Crippen molar-refractivity contribution < 1.29 is 4.79 Å². The quantitative estimate of drug-likeness (QED) is 0.721. The summed E-state index contributed by atoms with van der Waals surface area (Å²) in [6, 6.07) is 0. The van der Waals surface area contributed by atoms with E-state index in [-0.39, 0.29) is 5.78 Å². The zero-order valence-corrected chi connectivity index (χ0v) is 9.42. The molecule has 0 aromatic carbocycles. The van der Waals surface area contributed by atoms with Gasteiger partial charge in [-0.25, -0.2) is 4.98 Å². The summed E-state index contributed by atoms with van der Waals surface area (Å²) in [5.41, 5.74) is 0.633. The molecule has 0 aliphatic rings. The molecule has 0 saturated heterocycles. The van der Waals surface area contributed by atoms with Crippen LogP contribution in [0.2, 0.25) is 0 Å². The minimum atomic E-state index is 0.0500. The number of rotatable bonds is 4. The Bertz CT molecular complexity index is 498. The second-order valence-corrected chi connectivity index (χ2v) is 3.63. The van der Waals surface area contributed by atoms with Crippen LogP contribution in [-0.4, -0.2) is 25.1 Å². The van der Waals surface area contributed by atoms with Crippen LogP contribution in [0.15, 0.2) is 24.8 Å². The number of carbonyl (C=O) groups is 1. The summed E-state index contributed by atoms with van der Waals surface area (Å²) >= 11 is 0. The second-order valence-electron chi connectivity index (χ2n) is 3.63. The van der Waals surface area contributed by atoms with Gasteiger partial charge in [-0.1, -0.05) is 0 Å². The van der Waals surface area contributed by atoms with Crippen molar-refractivity contribution >= 4 is 5.78 Å². The zero-order valence-electron chi connectivity index (χ0n) is 9.42. The fraction of sp³-hybridized carbons (Fsp3) is 0.364. The number of imidazole rings is 1. The van der Waals surface area contributed by atoms with Crippen molar-refractivity contribution in [1.82, 2.24) is 19.3 Å². The van der Waals surface area contributed by atoms with Gasteiger partial charge in [0.05, 0.1) is 18.2 Å². The highest BCUT2D eigenvalue weighted by Gasteiger charge is 2.12. The lowest BCUT2D eigenvalue weighted by atomic mass is 10.1. The molecule has 0 spiro atoms. The van der Waals surface area contributed by atoms with Gasteiger partial charge in [-0.3, -0.25) is 9.48 Å². The third-order valence-electron chi connectivity index (χ3n) is 2.49. The van der Waals surface area contributed by atoms with Crippen LogP contribution < -0.4 is 0 Å². The molecule has 0 aliphatic heterocycles. The number of carbonyl (C=O) groups excluding carboxylic acids is 1. The van der Waals surface area contributed by atoms with Crippen LogP contribution in [0.3, 0.4) is 0 Å². The van der Waals surface area contributed by atoms with Crippen LogP contribution in [0.5, 0.6) is 0 Å². The van der Waals surface area contributed by atoms with Crippen molar-refractivity contribution in [2.45, 2.75) is 19.9 Å². The third kappa shape index (κ3) is 2.03. The maximum absolute atomic E-state index is 11.9. The molecule has 0 fully saturated rings. The summed E-state index contributed by atoms with van der Waals surface area (Å²) in [5.74, 6) is 0.852. The van der Waals surface area contributed by atoms with Gasteiger partial charge in [-0.05, 0) is 6.92 Å². The molecular weight excluding hydrogens is 204 g/mol. The lowest BCUT2D eigenvalue weighted by Gasteiger charge is -2.02. The SMILES string of the molecule is CCn1ccnc1CC(=O)c1cnn(C)c1. The fourth-order valence-electron chi connectivity index (χ4n) is 1.61. The van der Waals surface area contributed by atoms with Crippen molar-refractivity contribution in [3.8, 4) is 0 Å². The van der Waals surface area contributed by atoms with E-state index in [9.17, 15) is 4.79 Å². The first-order valence-electron chi connectivity index (χ1n) is 5.22. The van der Waals surface area contributed by atoms with Gasteiger partial charge in [0.25, 0.3) is 0 Å². The number of aryl methyl sites for hydroxylation is 2. The Morgan fingerprint density at radius 3 is 2.94 bits per heavy atom. The van der Waals surface area contributed by atoms with E-state index < -0.39 is 0 Å². The molecule has 5 heteroatoms. The number of hydrogen-bond acceptors (Lipinski definition) is 3. The molecule has 16 heavy (non-hydrogen) atoms. The Labute approximate surface area is 93.7 Å². The highest BCUT2D eigenvalue weighted by Crippen LogP contribution is 2.05. The highest BCUT2D eigenvalue weighted by atomic mass is 16.1. The summed E-state index contributed by atoms with van der Waals surface area (Å²) in [6.45, 7) is 2.86. The van der Waals surface area contributed by atoms with Crippen LogP contribution in [0, 0.1) is 0 Å². The largest absolute Gasteiger partial charge is 0.335 e. The van der Waals surface area contributed by atoms with Crippen LogP contribution in [0.25, 0.3) is 0 Å². The molecule has 0 N–H and O–H groups in total. The van der Waals surface area contributed by atoms with Crippen molar-refractivity contribution in [3.05, 3.63) is 36.2 Å². The summed E-state index contributed by atoms with van der Waals surface area (Å²) in [6.07, 6.45) is 7.23. The van der Waals surface area contributed by atoms with Gasteiger partial charge >= 0.3 is 0 Å². The lowest BCUT2D eigenvalue weighted by Crippen LogP contribution is -2.09. The number of ketones is 1. The van der Waals surface area contributed by atoms with E-state index >= 15 is 0 Å². The van der Waals surface area contributed by atoms with Crippen LogP contribution in [0.4, 0.5) is 0 Å². The molecule has 84 valence electrons. The molecule has 2 rings (SSSR count). The van der Waals surface area contributed by atoms with Crippen LogP contribution >= 0.6 is 0 Å². The number of aromatic nitrogens is 4. The monoisotopic (exact) mass is 218 g/mol. The van der Waals surface area contributed by atoms with Crippen LogP contribution in [0.1, 0.15) is 23.1 Å². The van der Waals surface area contributed by atoms with Crippen molar-refractivity contribution in [2.75, 3.05) is 0 Å². The molecule has 0 bridgehead atoms. The van der Waals surface area contributed by atoms with Gasteiger partial charge in [0, 0.05) is 32.2 Å². The van der Waals surface area contributed by atoms with Gasteiger partial charge < -0.3 is 4.57 Å². The highest BCUT2D eigenvalue weighted by molar-refractivity contribution is 5.96. The van der Waals surface area contributed by atoms with E-state index in [2.05, 4.69) is 10.1 Å². The summed E-state index contributed by atoms with van der Waals surface area (Å²) < 4.78 is 3.59. The molecule has 2 aromatic rings. The van der Waals surface area contributed by atoms with Gasteiger partial charge in [0.15, 0.2) is 5.78 Å². The van der Waals surface area contributed by atoms with Crippen molar-refractivity contribution in [3.63, 3.8) is 0 Å². The number of hydrogen-bond donors (Lipinski definition) is 0. The standard InChI is InChI=1S/C11H14N4O/c1-3-15-5-4-12-11(15)6-10(16)9-7-13-14(2)8-9/h4-5,7-8H,3,6H2,1-2H3. The first kappa shape index (κ1) is 10.6. The van der Waals surface area contributed by atoms with E-state index in [0.717, 1.165) is 12.4 Å². The van der Waals surface area contributed by atoms with E-state index in [1.807, 2.05) is 17.7 Å². The van der Waals surface area contributed by atoms with Gasteiger partial charge in [-0.15, -0.1) is 0 Å². The second kappa shape index (κ2) is 4.30. The third-order valence-corrected chi connectivity index (χ3v) is 2.49. The lowest BCUT2D eigenvalue weighted by molar-refractivity contribution is 0.0989. The zero-order chi connectivity index (χ0) is 11.5. The van der Waals surface area contributed by atoms with Crippen molar-refractivity contribution in [2.24, 2.45) is 7.05 Å². The number of nitrogens with zero attached hydrogens (tertiary/aromatic N) is 4. The Morgan fingerprint density at radius 2 is 2.31 bits per heavy atom. The molecule has 0 saturated carbocycles. The molecule has 0 radical (unpaired) electrons. The van der Waals surface area contributed by atoms with Crippen LogP contribution in [-0.2, 0) is 20.0 Å². The maximum Gasteiger partial charge on any atom is 0.173 e. The molecular formula is C11H14N4O. The first-order valence-corrected chi connectivity index (χ1v) is 5.22.